The van der Waals surface area contributed by atoms with E-state index in [0.717, 1.165) is 54.1 Å². The van der Waals surface area contributed by atoms with Crippen LogP contribution in [0.4, 0.5) is 0 Å². The van der Waals surface area contributed by atoms with E-state index in [1.165, 1.54) is 51.4 Å². The molecule has 0 saturated heterocycles. The van der Waals surface area contributed by atoms with Crippen molar-refractivity contribution in [2.24, 2.45) is 46.7 Å². The highest BCUT2D eigenvalue weighted by atomic mass is 16.5. The molecule has 3 saturated carbocycles. The average Bonchev–Trinajstić information content (AvgIpc) is 3.20. The van der Waals surface area contributed by atoms with Gasteiger partial charge in [-0.2, -0.15) is 0 Å². The number of aryl methyl sites for hydroxylation is 2. The minimum atomic E-state index is -0.162. The van der Waals surface area contributed by atoms with Gasteiger partial charge in [-0.3, -0.25) is 0 Å². The molecule has 0 aliphatic heterocycles. The van der Waals surface area contributed by atoms with E-state index in [2.05, 4.69) is 39.8 Å². The van der Waals surface area contributed by atoms with Gasteiger partial charge in [0, 0.05) is 12.0 Å². The fraction of sp³-hybridized carbons (Fsp3) is 0.743. The minimum Gasteiger partial charge on any atom is -0.458 e. The van der Waals surface area contributed by atoms with Gasteiger partial charge in [-0.25, -0.2) is 4.79 Å². The number of hydrogen-bond acceptors (Lipinski definition) is 3. The Hall–Kier alpha value is -1.61. The zero-order valence-corrected chi connectivity index (χ0v) is 25.0. The molecule has 2 N–H and O–H groups in total. The summed E-state index contributed by atoms with van der Waals surface area (Å²) in [7, 11) is 0. The second-order valence-electron chi connectivity index (χ2n) is 14.5. The van der Waals surface area contributed by atoms with E-state index >= 15 is 0 Å². The molecular weight excluding hydrogens is 466 g/mol. The standard InChI is InChI=1S/C35H53NO2/c1-22(2)8-7-9-25(5)30-12-13-32-29-11-10-27-21-28(38-33(37)26-19-23(3)18-24(4)20-26)14-16-34(27,6)31(29)15-17-35(30,32)36/h10,18-20,22,25,28-32H,7-9,11-17,21,36H2,1-6H3. The van der Waals surface area contributed by atoms with Crippen molar-refractivity contribution in [1.29, 1.82) is 0 Å². The molecular formula is C35H53NO2. The largest absolute Gasteiger partial charge is 0.458 e. The number of fused-ring (bicyclic) bond motifs is 5. The highest BCUT2D eigenvalue weighted by Gasteiger charge is 2.59. The first-order valence-electron chi connectivity index (χ1n) is 15.8. The maximum atomic E-state index is 13.0. The lowest BCUT2D eigenvalue weighted by Crippen LogP contribution is -2.59. The van der Waals surface area contributed by atoms with Gasteiger partial charge >= 0.3 is 5.97 Å². The summed E-state index contributed by atoms with van der Waals surface area (Å²) < 4.78 is 6.09. The van der Waals surface area contributed by atoms with Crippen LogP contribution in [0, 0.1) is 54.8 Å². The van der Waals surface area contributed by atoms with E-state index in [4.69, 9.17) is 10.5 Å². The first kappa shape index (κ1) is 27.9. The molecule has 0 spiro atoms. The fourth-order valence-electron chi connectivity index (χ4n) is 9.67. The third-order valence-corrected chi connectivity index (χ3v) is 11.6. The number of hydrogen-bond donors (Lipinski definition) is 1. The number of benzene rings is 1. The maximum Gasteiger partial charge on any atom is 0.338 e. The number of allylic oxidation sites excluding steroid dienone is 1. The summed E-state index contributed by atoms with van der Waals surface area (Å²) in [5.41, 5.74) is 12.2. The molecule has 8 unspecified atom stereocenters. The highest BCUT2D eigenvalue weighted by Crippen LogP contribution is 2.63. The Balaban J connectivity index is 1.25. The van der Waals surface area contributed by atoms with Gasteiger partial charge in [0.1, 0.15) is 6.10 Å². The molecule has 3 heteroatoms. The summed E-state index contributed by atoms with van der Waals surface area (Å²) >= 11 is 0. The first-order chi connectivity index (χ1) is 18.0. The molecule has 0 heterocycles. The van der Waals surface area contributed by atoms with Gasteiger partial charge in [0.2, 0.25) is 0 Å². The molecule has 0 amide bonds. The van der Waals surface area contributed by atoms with Crippen LogP contribution in [-0.2, 0) is 4.74 Å². The van der Waals surface area contributed by atoms with Crippen molar-refractivity contribution in [2.45, 2.75) is 124 Å². The molecule has 8 atom stereocenters. The normalized spacial score (nSPS) is 37.2. The molecule has 1 aromatic carbocycles. The lowest BCUT2D eigenvalue weighted by Gasteiger charge is -2.58. The van der Waals surface area contributed by atoms with Crippen molar-refractivity contribution in [3.8, 4) is 0 Å². The summed E-state index contributed by atoms with van der Waals surface area (Å²) in [6.07, 6.45) is 15.9. The average molecular weight is 520 g/mol. The van der Waals surface area contributed by atoms with Gasteiger partial charge < -0.3 is 10.5 Å². The van der Waals surface area contributed by atoms with Gasteiger partial charge in [-0.15, -0.1) is 0 Å². The molecule has 210 valence electrons. The number of carbonyl (C=O) groups is 1. The highest BCUT2D eigenvalue weighted by molar-refractivity contribution is 5.90. The molecule has 3 nitrogen and oxygen atoms in total. The van der Waals surface area contributed by atoms with Crippen LogP contribution >= 0.6 is 0 Å². The van der Waals surface area contributed by atoms with Crippen molar-refractivity contribution in [2.75, 3.05) is 0 Å². The first-order valence-corrected chi connectivity index (χ1v) is 15.8. The number of ether oxygens (including phenoxy) is 1. The van der Waals surface area contributed by atoms with Crippen LogP contribution in [0.1, 0.15) is 120 Å². The van der Waals surface area contributed by atoms with Crippen LogP contribution in [0.15, 0.2) is 29.8 Å². The van der Waals surface area contributed by atoms with Gasteiger partial charge in [-0.05, 0) is 112 Å². The van der Waals surface area contributed by atoms with E-state index < -0.39 is 0 Å². The second-order valence-corrected chi connectivity index (χ2v) is 14.5. The summed E-state index contributed by atoms with van der Waals surface area (Å²) in [6.45, 7) is 13.8. The van der Waals surface area contributed by atoms with Crippen molar-refractivity contribution in [3.05, 3.63) is 46.5 Å². The third-order valence-electron chi connectivity index (χ3n) is 11.6. The number of rotatable bonds is 7. The molecule has 0 bridgehead atoms. The molecule has 5 rings (SSSR count). The van der Waals surface area contributed by atoms with Gasteiger partial charge in [0.25, 0.3) is 0 Å². The Morgan fingerprint density at radius 1 is 1.00 bits per heavy atom. The maximum absolute atomic E-state index is 13.0. The van der Waals surface area contributed by atoms with E-state index in [-0.39, 0.29) is 23.0 Å². The van der Waals surface area contributed by atoms with Crippen LogP contribution in [0.5, 0.6) is 0 Å². The monoisotopic (exact) mass is 519 g/mol. The molecule has 0 radical (unpaired) electrons. The SMILES string of the molecule is Cc1cc(C)cc(C(=O)OC2CCC3(C)C(=CCC4C3CCC3(N)C(C(C)CCCC(C)C)CCC43)C2)c1. The Morgan fingerprint density at radius 2 is 1.74 bits per heavy atom. The van der Waals surface area contributed by atoms with Crippen molar-refractivity contribution in [3.63, 3.8) is 0 Å². The minimum absolute atomic E-state index is 0.000988. The van der Waals surface area contributed by atoms with Crippen LogP contribution in [0.25, 0.3) is 0 Å². The Morgan fingerprint density at radius 3 is 2.45 bits per heavy atom. The zero-order valence-electron chi connectivity index (χ0n) is 25.0. The van der Waals surface area contributed by atoms with E-state index in [9.17, 15) is 4.79 Å². The topological polar surface area (TPSA) is 52.3 Å². The summed E-state index contributed by atoms with van der Waals surface area (Å²) in [5.74, 6) is 4.21. The number of carbonyl (C=O) groups excluding carboxylic acids is 1. The summed E-state index contributed by atoms with van der Waals surface area (Å²) in [6, 6.07) is 6.01. The second kappa shape index (κ2) is 10.8. The predicted molar refractivity (Wildman–Crippen MR) is 157 cm³/mol. The molecule has 3 fully saturated rings. The number of nitrogens with two attached hydrogens (primary N) is 1. The zero-order chi connectivity index (χ0) is 27.2. The number of esters is 1. The van der Waals surface area contributed by atoms with Gasteiger partial charge in [0.05, 0.1) is 5.56 Å². The van der Waals surface area contributed by atoms with Crippen LogP contribution in [0.3, 0.4) is 0 Å². The summed E-state index contributed by atoms with van der Waals surface area (Å²) in [4.78, 5) is 13.0. The van der Waals surface area contributed by atoms with Crippen LogP contribution in [-0.4, -0.2) is 17.6 Å². The van der Waals surface area contributed by atoms with Crippen molar-refractivity contribution in [1.82, 2.24) is 0 Å². The van der Waals surface area contributed by atoms with Crippen LogP contribution in [0.2, 0.25) is 0 Å². The predicted octanol–water partition coefficient (Wildman–Crippen LogP) is 8.56. The van der Waals surface area contributed by atoms with Crippen LogP contribution < -0.4 is 5.73 Å². The molecule has 4 aliphatic carbocycles. The van der Waals surface area contributed by atoms with Gasteiger partial charge in [0.15, 0.2) is 0 Å². The van der Waals surface area contributed by atoms with Crippen molar-refractivity contribution < 1.29 is 9.53 Å². The fourth-order valence-corrected chi connectivity index (χ4v) is 9.67. The summed E-state index contributed by atoms with van der Waals surface area (Å²) in [5, 5.41) is 0. The van der Waals surface area contributed by atoms with E-state index in [1.807, 2.05) is 26.0 Å². The molecule has 38 heavy (non-hydrogen) atoms. The Labute approximate surface area is 232 Å². The lowest BCUT2D eigenvalue weighted by molar-refractivity contribution is -0.0327. The van der Waals surface area contributed by atoms with E-state index in [0.29, 0.717) is 17.4 Å². The Bertz CT molecular complexity index is 1040. The Kier molecular flexibility index (Phi) is 7.91. The van der Waals surface area contributed by atoms with Crippen molar-refractivity contribution >= 4 is 5.97 Å². The van der Waals surface area contributed by atoms with Gasteiger partial charge in [-0.1, -0.05) is 75.8 Å². The van der Waals surface area contributed by atoms with E-state index in [1.54, 1.807) is 5.57 Å². The molecule has 4 aliphatic rings. The quantitative estimate of drug-likeness (QED) is 0.290. The molecule has 0 aromatic heterocycles. The smallest absolute Gasteiger partial charge is 0.338 e. The third kappa shape index (κ3) is 5.14. The lowest BCUT2D eigenvalue weighted by atomic mass is 9.48. The molecule has 1 aromatic rings.